The summed E-state index contributed by atoms with van der Waals surface area (Å²) in [7, 11) is 1.80. The van der Waals surface area contributed by atoms with Crippen molar-refractivity contribution in [1.82, 2.24) is 15.3 Å². The molecule has 2 N–H and O–H groups in total. The van der Waals surface area contributed by atoms with Crippen LogP contribution in [0.5, 0.6) is 0 Å². The van der Waals surface area contributed by atoms with Gasteiger partial charge in [0, 0.05) is 0 Å². The molecule has 1 unspecified atom stereocenters. The third-order valence-electron chi connectivity index (χ3n) is 2.65. The molecule has 0 aliphatic heterocycles. The molecular weight excluding hydrogens is 212 g/mol. The molecule has 0 spiro atoms. The topological polar surface area (TPSA) is 40.7 Å². The lowest BCUT2D eigenvalue weighted by Crippen LogP contribution is -2.16. The van der Waals surface area contributed by atoms with Gasteiger partial charge in [-0.3, -0.25) is 0 Å². The minimum absolute atomic E-state index is 0.0230. The predicted molar refractivity (Wildman–Crippen MR) is 58.1 cm³/mol. The van der Waals surface area contributed by atoms with Crippen molar-refractivity contribution in [2.24, 2.45) is 0 Å². The molecule has 1 aromatic heterocycles. The third kappa shape index (κ3) is 1.67. The zero-order valence-electron chi connectivity index (χ0n) is 9.14. The molecule has 0 saturated carbocycles. The van der Waals surface area contributed by atoms with Gasteiger partial charge in [0.15, 0.2) is 11.6 Å². The smallest absolute Gasteiger partial charge is 0.186 e. The van der Waals surface area contributed by atoms with Crippen LogP contribution in [-0.2, 0) is 0 Å². The van der Waals surface area contributed by atoms with Crippen molar-refractivity contribution in [1.29, 1.82) is 0 Å². The van der Waals surface area contributed by atoms with Crippen molar-refractivity contribution in [2.45, 2.75) is 19.4 Å². The molecule has 86 valence electrons. The maximum Gasteiger partial charge on any atom is 0.186 e. The highest BCUT2D eigenvalue weighted by Crippen LogP contribution is 2.21. The van der Waals surface area contributed by atoms with Crippen LogP contribution in [0, 0.1) is 11.6 Å². The van der Waals surface area contributed by atoms with Gasteiger partial charge in [-0.15, -0.1) is 0 Å². The van der Waals surface area contributed by atoms with Gasteiger partial charge in [-0.05, 0) is 25.6 Å². The number of benzene rings is 1. The van der Waals surface area contributed by atoms with Crippen molar-refractivity contribution >= 4 is 11.0 Å². The summed E-state index contributed by atoms with van der Waals surface area (Å²) in [5.41, 5.74) is 0.575. The quantitative estimate of drug-likeness (QED) is 0.842. The molecule has 2 rings (SSSR count). The first-order chi connectivity index (χ1) is 7.67. The van der Waals surface area contributed by atoms with Gasteiger partial charge in [0.2, 0.25) is 0 Å². The highest BCUT2D eigenvalue weighted by atomic mass is 19.2. The fourth-order valence-corrected chi connectivity index (χ4v) is 1.74. The summed E-state index contributed by atoms with van der Waals surface area (Å²) in [4.78, 5) is 7.07. The largest absolute Gasteiger partial charge is 0.341 e. The van der Waals surface area contributed by atoms with Crippen LogP contribution in [-0.4, -0.2) is 17.0 Å². The minimum atomic E-state index is -0.897. The molecule has 2 aromatic rings. The lowest BCUT2D eigenvalue weighted by Gasteiger charge is -2.09. The lowest BCUT2D eigenvalue weighted by atomic mass is 10.2. The van der Waals surface area contributed by atoms with Gasteiger partial charge in [0.1, 0.15) is 11.3 Å². The average molecular weight is 225 g/mol. The Hall–Kier alpha value is -1.49. The second-order valence-corrected chi connectivity index (χ2v) is 3.63. The highest BCUT2D eigenvalue weighted by molar-refractivity contribution is 5.75. The number of nitrogens with one attached hydrogen (secondary N) is 2. The summed E-state index contributed by atoms with van der Waals surface area (Å²) in [5, 5.41) is 3.05. The van der Waals surface area contributed by atoms with Crippen LogP contribution in [0.3, 0.4) is 0 Å². The fraction of sp³-hybridized carbons (Fsp3) is 0.364. The Balaban J connectivity index is 2.55. The van der Waals surface area contributed by atoms with E-state index in [9.17, 15) is 8.78 Å². The number of rotatable bonds is 3. The van der Waals surface area contributed by atoms with E-state index in [2.05, 4.69) is 15.3 Å². The summed E-state index contributed by atoms with van der Waals surface area (Å²) in [5.74, 6) is -1.14. The van der Waals surface area contributed by atoms with E-state index in [1.54, 1.807) is 7.05 Å². The van der Waals surface area contributed by atoms with Crippen molar-refractivity contribution in [2.75, 3.05) is 7.05 Å². The maximum atomic E-state index is 13.4. The van der Waals surface area contributed by atoms with Crippen molar-refractivity contribution in [3.05, 3.63) is 29.6 Å². The van der Waals surface area contributed by atoms with Gasteiger partial charge in [-0.1, -0.05) is 6.92 Å². The molecule has 0 fully saturated rings. The van der Waals surface area contributed by atoms with Gasteiger partial charge in [-0.2, -0.15) is 0 Å². The number of hydrogen-bond donors (Lipinski definition) is 2. The zero-order valence-corrected chi connectivity index (χ0v) is 9.14. The van der Waals surface area contributed by atoms with E-state index in [1.165, 1.54) is 6.07 Å². The average Bonchev–Trinajstić information content (AvgIpc) is 2.70. The summed E-state index contributed by atoms with van der Waals surface area (Å²) in [6.45, 7) is 1.99. The fourth-order valence-electron chi connectivity index (χ4n) is 1.74. The first-order valence-electron chi connectivity index (χ1n) is 5.18. The third-order valence-corrected chi connectivity index (χ3v) is 2.65. The number of H-pyrrole nitrogens is 1. The molecule has 0 bridgehead atoms. The SMILES string of the molecule is CCC(NC)c1nc2c(F)c(F)ccc2[nH]1. The number of imidazole rings is 1. The Morgan fingerprint density at radius 3 is 2.81 bits per heavy atom. The van der Waals surface area contributed by atoms with E-state index in [-0.39, 0.29) is 11.6 Å². The number of hydrogen-bond acceptors (Lipinski definition) is 2. The van der Waals surface area contributed by atoms with Crippen molar-refractivity contribution in [3.63, 3.8) is 0 Å². The highest BCUT2D eigenvalue weighted by Gasteiger charge is 2.15. The van der Waals surface area contributed by atoms with Crippen molar-refractivity contribution < 1.29 is 8.78 Å². The molecule has 16 heavy (non-hydrogen) atoms. The first kappa shape index (κ1) is 11.0. The van der Waals surface area contributed by atoms with E-state index in [0.717, 1.165) is 12.5 Å². The van der Waals surface area contributed by atoms with Crippen molar-refractivity contribution in [3.8, 4) is 0 Å². The molecule has 0 saturated heterocycles. The molecule has 0 radical (unpaired) electrons. The van der Waals surface area contributed by atoms with Crippen LogP contribution in [0.2, 0.25) is 0 Å². The number of aromatic nitrogens is 2. The van der Waals surface area contributed by atoms with E-state index in [1.807, 2.05) is 6.92 Å². The summed E-state index contributed by atoms with van der Waals surface area (Å²) in [6.07, 6.45) is 0.820. The van der Waals surface area contributed by atoms with E-state index in [4.69, 9.17) is 0 Å². The number of halogens is 2. The molecule has 0 amide bonds. The van der Waals surface area contributed by atoms with Crippen LogP contribution in [0.15, 0.2) is 12.1 Å². The molecule has 5 heteroatoms. The first-order valence-corrected chi connectivity index (χ1v) is 5.18. The number of aromatic amines is 1. The minimum Gasteiger partial charge on any atom is -0.341 e. The monoisotopic (exact) mass is 225 g/mol. The number of fused-ring (bicyclic) bond motifs is 1. The molecule has 0 aliphatic rings. The van der Waals surface area contributed by atoms with Crippen LogP contribution >= 0.6 is 0 Å². The summed E-state index contributed by atoms with van der Waals surface area (Å²) >= 11 is 0. The Bertz CT molecular complexity index is 503. The van der Waals surface area contributed by atoms with E-state index in [0.29, 0.717) is 11.3 Å². The Kier molecular flexibility index (Phi) is 2.87. The van der Waals surface area contributed by atoms with Gasteiger partial charge >= 0.3 is 0 Å². The van der Waals surface area contributed by atoms with Crippen LogP contribution in [0.4, 0.5) is 8.78 Å². The van der Waals surface area contributed by atoms with Crippen LogP contribution in [0.25, 0.3) is 11.0 Å². The molecular formula is C11H13F2N3. The van der Waals surface area contributed by atoms with E-state index < -0.39 is 11.6 Å². The van der Waals surface area contributed by atoms with Gasteiger partial charge < -0.3 is 10.3 Å². The Morgan fingerprint density at radius 1 is 1.44 bits per heavy atom. The zero-order chi connectivity index (χ0) is 11.7. The van der Waals surface area contributed by atoms with Crippen LogP contribution < -0.4 is 5.32 Å². The summed E-state index contributed by atoms with van der Waals surface area (Å²) < 4.78 is 26.4. The van der Waals surface area contributed by atoms with Gasteiger partial charge in [0.05, 0.1) is 11.6 Å². The lowest BCUT2D eigenvalue weighted by molar-refractivity contribution is 0.514. The number of nitrogens with zero attached hydrogens (tertiary/aromatic N) is 1. The molecule has 1 atom stereocenters. The van der Waals surface area contributed by atoms with Gasteiger partial charge in [-0.25, -0.2) is 13.8 Å². The summed E-state index contributed by atoms with van der Waals surface area (Å²) in [6, 6.07) is 2.61. The molecule has 3 nitrogen and oxygen atoms in total. The normalized spacial score (nSPS) is 13.2. The maximum absolute atomic E-state index is 13.4. The van der Waals surface area contributed by atoms with E-state index >= 15 is 0 Å². The molecule has 0 aliphatic carbocycles. The van der Waals surface area contributed by atoms with Gasteiger partial charge in [0.25, 0.3) is 0 Å². The Morgan fingerprint density at radius 2 is 2.19 bits per heavy atom. The second-order valence-electron chi connectivity index (χ2n) is 3.63. The standard InChI is InChI=1S/C11H13F2N3/c1-3-7(14-2)11-15-8-5-4-6(12)9(13)10(8)16-11/h4-5,7,14H,3H2,1-2H3,(H,15,16). The second kappa shape index (κ2) is 4.17. The molecule has 1 heterocycles. The predicted octanol–water partition coefficient (Wildman–Crippen LogP) is 2.51. The molecule has 1 aromatic carbocycles. The van der Waals surface area contributed by atoms with Crippen LogP contribution in [0.1, 0.15) is 25.2 Å². The Labute approximate surface area is 91.9 Å².